The van der Waals surface area contributed by atoms with Gasteiger partial charge in [-0.3, -0.25) is 9.89 Å². The minimum atomic E-state index is -0.444. The molecule has 1 aliphatic rings. The maximum absolute atomic E-state index is 11.6. The number of anilines is 1. The predicted octanol–water partition coefficient (Wildman–Crippen LogP) is 1.17. The van der Waals surface area contributed by atoms with Gasteiger partial charge >= 0.3 is 0 Å². The second-order valence-electron chi connectivity index (χ2n) is 6.07. The van der Waals surface area contributed by atoms with Crippen LogP contribution in [0, 0.1) is 6.92 Å². The molecule has 3 heterocycles. The summed E-state index contributed by atoms with van der Waals surface area (Å²) in [7, 11) is 0. The monoisotopic (exact) mass is 300 g/mol. The Morgan fingerprint density at radius 3 is 3.05 bits per heavy atom. The molecule has 1 aliphatic heterocycles. The fourth-order valence-corrected chi connectivity index (χ4v) is 3.19. The van der Waals surface area contributed by atoms with Crippen LogP contribution in [0.4, 0.5) is 5.82 Å². The molecule has 0 unspecified atom stereocenters. The Hall–Kier alpha value is -2.44. The van der Waals surface area contributed by atoms with Crippen molar-refractivity contribution >= 4 is 11.7 Å². The molecule has 0 aliphatic carbocycles. The molecule has 1 amide bonds. The summed E-state index contributed by atoms with van der Waals surface area (Å²) in [5.41, 5.74) is 6.54. The van der Waals surface area contributed by atoms with Crippen LogP contribution in [0.1, 0.15) is 41.6 Å². The van der Waals surface area contributed by atoms with Gasteiger partial charge in [-0.25, -0.2) is 9.97 Å². The van der Waals surface area contributed by atoms with E-state index in [1.807, 2.05) is 13.0 Å². The Balaban J connectivity index is 1.91. The SMILES string of the molecule is Cc1nccc(N2CCC[C@@](C)(c3[nH]ncc3C(N)=O)C2)n1. The highest BCUT2D eigenvalue weighted by Crippen LogP contribution is 2.35. The number of aromatic nitrogens is 4. The summed E-state index contributed by atoms with van der Waals surface area (Å²) in [6.45, 7) is 5.71. The first kappa shape index (κ1) is 14.5. The van der Waals surface area contributed by atoms with Gasteiger partial charge in [-0.15, -0.1) is 0 Å². The quantitative estimate of drug-likeness (QED) is 0.886. The van der Waals surface area contributed by atoms with E-state index in [0.717, 1.165) is 43.3 Å². The molecule has 1 saturated heterocycles. The van der Waals surface area contributed by atoms with Gasteiger partial charge in [0.1, 0.15) is 11.6 Å². The topological polar surface area (TPSA) is 101 Å². The van der Waals surface area contributed by atoms with Crippen molar-refractivity contribution in [2.24, 2.45) is 5.73 Å². The van der Waals surface area contributed by atoms with E-state index < -0.39 is 5.91 Å². The van der Waals surface area contributed by atoms with E-state index in [0.29, 0.717) is 5.56 Å². The molecule has 7 heteroatoms. The lowest BCUT2D eigenvalue weighted by atomic mass is 9.77. The third-order valence-electron chi connectivity index (χ3n) is 4.29. The lowest BCUT2D eigenvalue weighted by Crippen LogP contribution is -2.45. The summed E-state index contributed by atoms with van der Waals surface area (Å²) in [5, 5.41) is 6.98. The zero-order valence-electron chi connectivity index (χ0n) is 12.8. The van der Waals surface area contributed by atoms with Crippen molar-refractivity contribution in [1.82, 2.24) is 20.2 Å². The molecule has 0 radical (unpaired) electrons. The predicted molar refractivity (Wildman–Crippen MR) is 82.7 cm³/mol. The van der Waals surface area contributed by atoms with Gasteiger partial charge in [0.05, 0.1) is 17.5 Å². The third-order valence-corrected chi connectivity index (χ3v) is 4.29. The number of carbonyl (C=O) groups is 1. The number of hydrogen-bond donors (Lipinski definition) is 2. The fraction of sp³-hybridized carbons (Fsp3) is 0.467. The second-order valence-corrected chi connectivity index (χ2v) is 6.07. The lowest BCUT2D eigenvalue weighted by molar-refractivity contribution is 0.0997. The third kappa shape index (κ3) is 2.54. The van der Waals surface area contributed by atoms with Crippen LogP contribution in [0.15, 0.2) is 18.5 Å². The first-order valence-corrected chi connectivity index (χ1v) is 7.38. The van der Waals surface area contributed by atoms with Crippen molar-refractivity contribution in [3.63, 3.8) is 0 Å². The van der Waals surface area contributed by atoms with Crippen LogP contribution >= 0.6 is 0 Å². The van der Waals surface area contributed by atoms with Gasteiger partial charge in [0, 0.05) is 24.7 Å². The van der Waals surface area contributed by atoms with Crippen molar-refractivity contribution in [2.45, 2.75) is 32.1 Å². The van der Waals surface area contributed by atoms with Gasteiger partial charge in [-0.1, -0.05) is 6.92 Å². The van der Waals surface area contributed by atoms with Crippen molar-refractivity contribution in [3.05, 3.63) is 35.5 Å². The maximum Gasteiger partial charge on any atom is 0.252 e. The first-order chi connectivity index (χ1) is 10.5. The largest absolute Gasteiger partial charge is 0.365 e. The molecule has 0 bridgehead atoms. The van der Waals surface area contributed by atoms with E-state index in [1.54, 1.807) is 6.20 Å². The van der Waals surface area contributed by atoms with Crippen LogP contribution in [0.3, 0.4) is 0 Å². The van der Waals surface area contributed by atoms with Gasteiger partial charge in [0.2, 0.25) is 0 Å². The normalized spacial score (nSPS) is 21.8. The molecule has 0 spiro atoms. The highest BCUT2D eigenvalue weighted by atomic mass is 16.1. The van der Waals surface area contributed by atoms with Crippen molar-refractivity contribution in [3.8, 4) is 0 Å². The number of nitrogens with zero attached hydrogens (tertiary/aromatic N) is 4. The maximum atomic E-state index is 11.6. The Morgan fingerprint density at radius 1 is 1.50 bits per heavy atom. The molecule has 22 heavy (non-hydrogen) atoms. The van der Waals surface area contributed by atoms with Crippen LogP contribution in [0.25, 0.3) is 0 Å². The van der Waals surface area contributed by atoms with Crippen LogP contribution in [-0.4, -0.2) is 39.2 Å². The van der Waals surface area contributed by atoms with Crippen LogP contribution in [0.2, 0.25) is 0 Å². The molecule has 7 nitrogen and oxygen atoms in total. The molecule has 3 rings (SSSR count). The number of amides is 1. The van der Waals surface area contributed by atoms with E-state index in [-0.39, 0.29) is 5.41 Å². The highest BCUT2D eigenvalue weighted by molar-refractivity contribution is 5.94. The van der Waals surface area contributed by atoms with E-state index in [9.17, 15) is 4.79 Å². The molecule has 116 valence electrons. The number of aryl methyl sites for hydroxylation is 1. The zero-order valence-corrected chi connectivity index (χ0v) is 12.8. The molecule has 2 aromatic rings. The van der Waals surface area contributed by atoms with Crippen LogP contribution < -0.4 is 10.6 Å². The lowest BCUT2D eigenvalue weighted by Gasteiger charge is -2.40. The van der Waals surface area contributed by atoms with E-state index >= 15 is 0 Å². The number of primary amides is 1. The molecule has 1 fully saturated rings. The molecule has 0 saturated carbocycles. The minimum absolute atomic E-state index is 0.210. The molecule has 3 N–H and O–H groups in total. The number of H-pyrrole nitrogens is 1. The van der Waals surface area contributed by atoms with Crippen molar-refractivity contribution in [2.75, 3.05) is 18.0 Å². The standard InChI is InChI=1S/C15H20N6O/c1-10-17-6-4-12(19-10)21-7-3-5-15(2,9-21)13-11(14(16)22)8-18-20-13/h4,6,8H,3,5,7,9H2,1-2H3,(H2,16,22)(H,18,20)/t15-/m1/s1. The number of aromatic amines is 1. The Bertz CT molecular complexity index is 697. The molecular formula is C15H20N6O. The smallest absolute Gasteiger partial charge is 0.252 e. The van der Waals surface area contributed by atoms with Gasteiger partial charge in [0.25, 0.3) is 5.91 Å². The number of piperidine rings is 1. The number of carbonyl (C=O) groups excluding carboxylic acids is 1. The fourth-order valence-electron chi connectivity index (χ4n) is 3.19. The van der Waals surface area contributed by atoms with E-state index in [1.165, 1.54) is 6.20 Å². The van der Waals surface area contributed by atoms with E-state index in [2.05, 4.69) is 32.0 Å². The molecule has 0 aromatic carbocycles. The summed E-state index contributed by atoms with van der Waals surface area (Å²) in [6.07, 6.45) is 5.26. The van der Waals surface area contributed by atoms with Crippen molar-refractivity contribution < 1.29 is 4.79 Å². The van der Waals surface area contributed by atoms with Crippen LogP contribution in [0.5, 0.6) is 0 Å². The van der Waals surface area contributed by atoms with E-state index in [4.69, 9.17) is 5.73 Å². The average Bonchev–Trinajstić information content (AvgIpc) is 2.98. The summed E-state index contributed by atoms with van der Waals surface area (Å²) < 4.78 is 0. The first-order valence-electron chi connectivity index (χ1n) is 7.38. The van der Waals surface area contributed by atoms with Gasteiger partial charge in [-0.2, -0.15) is 5.10 Å². The summed E-state index contributed by atoms with van der Waals surface area (Å²) >= 11 is 0. The Kier molecular flexibility index (Phi) is 3.56. The number of nitrogens with two attached hydrogens (primary N) is 1. The Morgan fingerprint density at radius 2 is 2.32 bits per heavy atom. The second kappa shape index (κ2) is 5.40. The molecular weight excluding hydrogens is 280 g/mol. The number of hydrogen-bond acceptors (Lipinski definition) is 5. The van der Waals surface area contributed by atoms with Crippen LogP contribution in [-0.2, 0) is 5.41 Å². The molecule has 1 atom stereocenters. The molecule has 2 aromatic heterocycles. The van der Waals surface area contributed by atoms with Gasteiger partial charge in [-0.05, 0) is 25.8 Å². The number of nitrogens with one attached hydrogen (secondary N) is 1. The van der Waals surface area contributed by atoms with Gasteiger partial charge < -0.3 is 10.6 Å². The zero-order chi connectivity index (χ0) is 15.7. The number of rotatable bonds is 3. The van der Waals surface area contributed by atoms with Gasteiger partial charge in [0.15, 0.2) is 0 Å². The summed E-state index contributed by atoms with van der Waals surface area (Å²) in [4.78, 5) is 22.5. The summed E-state index contributed by atoms with van der Waals surface area (Å²) in [6, 6.07) is 1.92. The Labute approximate surface area is 129 Å². The summed E-state index contributed by atoms with van der Waals surface area (Å²) in [5.74, 6) is 1.22. The highest BCUT2D eigenvalue weighted by Gasteiger charge is 2.37. The minimum Gasteiger partial charge on any atom is -0.365 e. The van der Waals surface area contributed by atoms with Crippen molar-refractivity contribution in [1.29, 1.82) is 0 Å². The average molecular weight is 300 g/mol.